The molecule has 0 heterocycles. The maximum Gasteiger partial charge on any atom is 0.229 e. The third kappa shape index (κ3) is 2.61. The van der Waals surface area contributed by atoms with Crippen molar-refractivity contribution in [2.75, 3.05) is 12.4 Å². The van der Waals surface area contributed by atoms with Crippen molar-refractivity contribution in [1.29, 1.82) is 0 Å². The van der Waals surface area contributed by atoms with Gasteiger partial charge in [0, 0.05) is 17.8 Å². The average Bonchev–Trinajstić information content (AvgIpc) is 2.76. The standard InChI is InChI=1S/C13H17FN2O2/c1-18-12-6-5-8(7-10(12)14)16-13(17)9-3-2-4-11(9)15/h5-7,9,11H,2-4,15H2,1H3,(H,16,17). The Kier molecular flexibility index (Phi) is 3.81. The van der Waals surface area contributed by atoms with Gasteiger partial charge in [-0.3, -0.25) is 4.79 Å². The first-order valence-corrected chi connectivity index (χ1v) is 6.02. The van der Waals surface area contributed by atoms with E-state index in [2.05, 4.69) is 5.32 Å². The summed E-state index contributed by atoms with van der Waals surface area (Å²) in [6.07, 6.45) is 2.64. The molecule has 1 aliphatic carbocycles. The van der Waals surface area contributed by atoms with Crippen molar-refractivity contribution in [2.45, 2.75) is 25.3 Å². The van der Waals surface area contributed by atoms with Crippen LogP contribution in [0, 0.1) is 11.7 Å². The maximum absolute atomic E-state index is 13.5. The molecule has 98 valence electrons. The van der Waals surface area contributed by atoms with E-state index in [1.165, 1.54) is 19.2 Å². The summed E-state index contributed by atoms with van der Waals surface area (Å²) in [4.78, 5) is 11.9. The van der Waals surface area contributed by atoms with Gasteiger partial charge in [-0.2, -0.15) is 0 Å². The molecule has 18 heavy (non-hydrogen) atoms. The number of nitrogens with one attached hydrogen (secondary N) is 1. The van der Waals surface area contributed by atoms with Crippen molar-refractivity contribution in [3.63, 3.8) is 0 Å². The minimum absolute atomic E-state index is 0.0897. The zero-order valence-electron chi connectivity index (χ0n) is 10.3. The number of anilines is 1. The lowest BCUT2D eigenvalue weighted by Crippen LogP contribution is -2.34. The first-order valence-electron chi connectivity index (χ1n) is 6.02. The third-order valence-corrected chi connectivity index (χ3v) is 3.33. The van der Waals surface area contributed by atoms with Crippen LogP contribution in [0.1, 0.15) is 19.3 Å². The number of halogens is 1. The Morgan fingerprint density at radius 3 is 2.83 bits per heavy atom. The molecule has 1 aromatic rings. The summed E-state index contributed by atoms with van der Waals surface area (Å²) >= 11 is 0. The lowest BCUT2D eigenvalue weighted by atomic mass is 10.0. The molecule has 4 nitrogen and oxygen atoms in total. The van der Waals surface area contributed by atoms with Gasteiger partial charge in [-0.15, -0.1) is 0 Å². The van der Waals surface area contributed by atoms with Crippen molar-refractivity contribution in [3.05, 3.63) is 24.0 Å². The first-order chi connectivity index (χ1) is 8.61. The molecular weight excluding hydrogens is 235 g/mol. The number of carbonyl (C=O) groups excluding carboxylic acids is 1. The Hall–Kier alpha value is -1.62. The van der Waals surface area contributed by atoms with Gasteiger partial charge >= 0.3 is 0 Å². The molecule has 0 radical (unpaired) electrons. The second kappa shape index (κ2) is 5.35. The summed E-state index contributed by atoms with van der Waals surface area (Å²) in [6, 6.07) is 4.25. The molecule has 0 aromatic heterocycles. The molecule has 3 N–H and O–H groups in total. The highest BCUT2D eigenvalue weighted by Crippen LogP contribution is 2.26. The number of carbonyl (C=O) groups is 1. The average molecular weight is 252 g/mol. The van der Waals surface area contributed by atoms with Crippen molar-refractivity contribution < 1.29 is 13.9 Å². The first kappa shape index (κ1) is 12.8. The number of ether oxygens (including phenoxy) is 1. The molecule has 1 aromatic carbocycles. The number of nitrogens with two attached hydrogens (primary N) is 1. The molecule has 2 rings (SSSR count). The van der Waals surface area contributed by atoms with Crippen LogP contribution in [0.5, 0.6) is 5.75 Å². The van der Waals surface area contributed by atoms with Crippen molar-refractivity contribution in [3.8, 4) is 5.75 Å². The van der Waals surface area contributed by atoms with E-state index in [4.69, 9.17) is 10.5 Å². The summed E-state index contributed by atoms with van der Waals surface area (Å²) in [7, 11) is 1.40. The van der Waals surface area contributed by atoms with E-state index < -0.39 is 5.82 Å². The number of hydrogen-bond donors (Lipinski definition) is 2. The van der Waals surface area contributed by atoms with Gasteiger partial charge in [0.05, 0.1) is 13.0 Å². The van der Waals surface area contributed by atoms with E-state index in [1.54, 1.807) is 6.07 Å². The molecule has 0 spiro atoms. The van der Waals surface area contributed by atoms with Crippen LogP contribution in [-0.2, 0) is 4.79 Å². The molecule has 1 fully saturated rings. The Morgan fingerprint density at radius 1 is 1.50 bits per heavy atom. The molecule has 2 unspecified atom stereocenters. The Balaban J connectivity index is 2.05. The minimum Gasteiger partial charge on any atom is -0.494 e. The number of hydrogen-bond acceptors (Lipinski definition) is 3. The van der Waals surface area contributed by atoms with Crippen LogP contribution in [0.15, 0.2) is 18.2 Å². The predicted molar refractivity (Wildman–Crippen MR) is 66.9 cm³/mol. The van der Waals surface area contributed by atoms with Crippen molar-refractivity contribution >= 4 is 11.6 Å². The van der Waals surface area contributed by atoms with Crippen LogP contribution in [0.4, 0.5) is 10.1 Å². The van der Waals surface area contributed by atoms with E-state index in [9.17, 15) is 9.18 Å². The van der Waals surface area contributed by atoms with Gasteiger partial charge in [0.1, 0.15) is 0 Å². The van der Waals surface area contributed by atoms with E-state index >= 15 is 0 Å². The fourth-order valence-corrected chi connectivity index (χ4v) is 2.29. The Labute approximate surface area is 105 Å². The Morgan fingerprint density at radius 2 is 2.28 bits per heavy atom. The zero-order valence-corrected chi connectivity index (χ0v) is 10.3. The van der Waals surface area contributed by atoms with Crippen LogP contribution in [0.2, 0.25) is 0 Å². The molecule has 0 aliphatic heterocycles. The van der Waals surface area contributed by atoms with Crippen LogP contribution in [-0.4, -0.2) is 19.1 Å². The highest BCUT2D eigenvalue weighted by molar-refractivity contribution is 5.93. The summed E-state index contributed by atoms with van der Waals surface area (Å²) in [5, 5.41) is 2.69. The van der Waals surface area contributed by atoms with Gasteiger partial charge in [0.15, 0.2) is 11.6 Å². The van der Waals surface area contributed by atoms with Gasteiger partial charge in [-0.25, -0.2) is 4.39 Å². The van der Waals surface area contributed by atoms with Gasteiger partial charge in [-0.1, -0.05) is 6.42 Å². The lowest BCUT2D eigenvalue weighted by Gasteiger charge is -2.15. The Bertz CT molecular complexity index is 451. The summed E-state index contributed by atoms with van der Waals surface area (Å²) in [5.74, 6) is -0.642. The van der Waals surface area contributed by atoms with E-state index in [-0.39, 0.29) is 23.6 Å². The molecule has 0 bridgehead atoms. The minimum atomic E-state index is -0.494. The lowest BCUT2D eigenvalue weighted by molar-refractivity contribution is -0.120. The molecule has 1 saturated carbocycles. The molecule has 5 heteroatoms. The second-order valence-corrected chi connectivity index (χ2v) is 4.54. The van der Waals surface area contributed by atoms with Crippen LogP contribution < -0.4 is 15.8 Å². The number of methoxy groups -OCH3 is 1. The second-order valence-electron chi connectivity index (χ2n) is 4.54. The fourth-order valence-electron chi connectivity index (χ4n) is 2.29. The molecule has 0 saturated heterocycles. The monoisotopic (exact) mass is 252 g/mol. The third-order valence-electron chi connectivity index (χ3n) is 3.33. The van der Waals surface area contributed by atoms with Crippen LogP contribution in [0.3, 0.4) is 0 Å². The SMILES string of the molecule is COc1ccc(NC(=O)C2CCCC2N)cc1F. The number of amides is 1. The number of benzene rings is 1. The molecular formula is C13H17FN2O2. The summed E-state index contributed by atoms with van der Waals surface area (Å²) in [5.41, 5.74) is 6.28. The molecule has 1 amide bonds. The highest BCUT2D eigenvalue weighted by Gasteiger charge is 2.30. The van der Waals surface area contributed by atoms with Crippen LogP contribution >= 0.6 is 0 Å². The molecule has 1 aliphatic rings. The normalized spacial score (nSPS) is 22.8. The number of rotatable bonds is 3. The van der Waals surface area contributed by atoms with Gasteiger partial charge in [0.25, 0.3) is 0 Å². The smallest absolute Gasteiger partial charge is 0.229 e. The predicted octanol–water partition coefficient (Wildman–Crippen LogP) is 1.90. The fraction of sp³-hybridized carbons (Fsp3) is 0.462. The van der Waals surface area contributed by atoms with Gasteiger partial charge in [0.2, 0.25) is 5.91 Å². The van der Waals surface area contributed by atoms with Crippen LogP contribution in [0.25, 0.3) is 0 Å². The van der Waals surface area contributed by atoms with E-state index in [1.807, 2.05) is 0 Å². The van der Waals surface area contributed by atoms with E-state index in [0.29, 0.717) is 5.69 Å². The highest BCUT2D eigenvalue weighted by atomic mass is 19.1. The van der Waals surface area contributed by atoms with E-state index in [0.717, 1.165) is 19.3 Å². The molecule has 2 atom stereocenters. The largest absolute Gasteiger partial charge is 0.494 e. The van der Waals surface area contributed by atoms with Gasteiger partial charge in [-0.05, 0) is 25.0 Å². The topological polar surface area (TPSA) is 64.3 Å². The van der Waals surface area contributed by atoms with Gasteiger partial charge < -0.3 is 15.8 Å². The maximum atomic E-state index is 13.5. The summed E-state index contributed by atoms with van der Waals surface area (Å²) < 4.78 is 18.3. The zero-order chi connectivity index (χ0) is 13.1. The quantitative estimate of drug-likeness (QED) is 0.863. The van der Waals surface area contributed by atoms with Crippen molar-refractivity contribution in [2.24, 2.45) is 11.7 Å². The van der Waals surface area contributed by atoms with Crippen molar-refractivity contribution in [1.82, 2.24) is 0 Å². The summed E-state index contributed by atoms with van der Waals surface area (Å²) in [6.45, 7) is 0.